The molecule has 0 aliphatic heterocycles. The summed E-state index contributed by atoms with van der Waals surface area (Å²) in [5.41, 5.74) is 8.24. The highest BCUT2D eigenvalue weighted by atomic mass is 32.2. The minimum absolute atomic E-state index is 0.114. The molecule has 0 aliphatic carbocycles. The molecular weight excluding hydrogens is 256 g/mol. The van der Waals surface area contributed by atoms with Gasteiger partial charge in [-0.15, -0.1) is 0 Å². The van der Waals surface area contributed by atoms with Crippen molar-refractivity contribution in [2.75, 3.05) is 23.9 Å². The Morgan fingerprint density at radius 2 is 2.12 bits per heavy atom. The van der Waals surface area contributed by atoms with Gasteiger partial charge >= 0.3 is 0 Å². The van der Waals surface area contributed by atoms with E-state index in [0.717, 1.165) is 16.8 Å². The third kappa shape index (κ3) is 4.70. The van der Waals surface area contributed by atoms with Gasteiger partial charge in [0.2, 0.25) is 0 Å². The molecule has 0 fully saturated rings. The predicted octanol–water partition coefficient (Wildman–Crippen LogP) is 1.09. The number of benzene rings is 1. The molecule has 0 unspecified atom stereocenters. The molecule has 94 valence electrons. The van der Waals surface area contributed by atoms with Crippen LogP contribution in [0.25, 0.3) is 0 Å². The molecule has 0 saturated heterocycles. The Hall–Kier alpha value is -1.14. The van der Waals surface area contributed by atoms with Crippen LogP contribution in [0.2, 0.25) is 0 Å². The first kappa shape index (κ1) is 13.9. The first-order valence-corrected chi connectivity index (χ1v) is 7.58. The third-order valence-electron chi connectivity index (χ3n) is 2.29. The van der Waals surface area contributed by atoms with Gasteiger partial charge in [0, 0.05) is 24.1 Å². The van der Waals surface area contributed by atoms with Gasteiger partial charge in [-0.05, 0) is 30.7 Å². The lowest BCUT2D eigenvalue weighted by Crippen LogP contribution is -2.15. The fourth-order valence-electron chi connectivity index (χ4n) is 1.43. The SMILES string of the molecule is Cc1cc(NCCS(C)(=O)=O)ccc1C(N)=S. The van der Waals surface area contributed by atoms with Crippen LogP contribution in [0, 0.1) is 6.92 Å². The molecule has 3 N–H and O–H groups in total. The van der Waals surface area contributed by atoms with Crippen molar-refractivity contribution in [3.8, 4) is 0 Å². The zero-order chi connectivity index (χ0) is 13.1. The molecule has 4 nitrogen and oxygen atoms in total. The zero-order valence-corrected chi connectivity index (χ0v) is 11.5. The molecule has 0 heterocycles. The Bertz CT molecular complexity index is 524. The van der Waals surface area contributed by atoms with Crippen molar-refractivity contribution in [1.82, 2.24) is 0 Å². The Labute approximate surface area is 107 Å². The van der Waals surface area contributed by atoms with E-state index in [0.29, 0.717) is 11.5 Å². The summed E-state index contributed by atoms with van der Waals surface area (Å²) in [6.45, 7) is 2.31. The maximum atomic E-state index is 11.0. The minimum atomic E-state index is -2.93. The summed E-state index contributed by atoms with van der Waals surface area (Å²) in [5, 5.41) is 3.04. The van der Waals surface area contributed by atoms with Gasteiger partial charge in [-0.25, -0.2) is 8.42 Å². The summed E-state index contributed by atoms with van der Waals surface area (Å²) >= 11 is 4.91. The van der Waals surface area contributed by atoms with Crippen LogP contribution in [0.15, 0.2) is 18.2 Å². The maximum absolute atomic E-state index is 11.0. The fraction of sp³-hybridized carbons (Fsp3) is 0.364. The predicted molar refractivity (Wildman–Crippen MR) is 75.3 cm³/mol. The number of aryl methyl sites for hydroxylation is 1. The van der Waals surface area contributed by atoms with E-state index in [9.17, 15) is 8.42 Å². The highest BCUT2D eigenvalue weighted by Crippen LogP contribution is 2.14. The van der Waals surface area contributed by atoms with Crippen molar-refractivity contribution < 1.29 is 8.42 Å². The van der Waals surface area contributed by atoms with E-state index in [4.69, 9.17) is 18.0 Å². The average molecular weight is 272 g/mol. The van der Waals surface area contributed by atoms with Gasteiger partial charge in [-0.2, -0.15) is 0 Å². The van der Waals surface area contributed by atoms with Gasteiger partial charge in [0.1, 0.15) is 14.8 Å². The number of hydrogen-bond donors (Lipinski definition) is 2. The van der Waals surface area contributed by atoms with Gasteiger partial charge in [0.25, 0.3) is 0 Å². The van der Waals surface area contributed by atoms with E-state index >= 15 is 0 Å². The Morgan fingerprint density at radius 3 is 2.59 bits per heavy atom. The topological polar surface area (TPSA) is 72.2 Å². The lowest BCUT2D eigenvalue weighted by atomic mass is 10.1. The number of nitrogens with two attached hydrogens (primary N) is 1. The summed E-state index contributed by atoms with van der Waals surface area (Å²) in [6.07, 6.45) is 1.22. The Balaban J connectivity index is 2.68. The van der Waals surface area contributed by atoms with Crippen LogP contribution in [0.4, 0.5) is 5.69 Å². The van der Waals surface area contributed by atoms with Crippen molar-refractivity contribution in [3.63, 3.8) is 0 Å². The second-order valence-electron chi connectivity index (χ2n) is 3.95. The lowest BCUT2D eigenvalue weighted by Gasteiger charge is -2.09. The molecule has 0 amide bonds. The van der Waals surface area contributed by atoms with Crippen LogP contribution < -0.4 is 11.1 Å². The summed E-state index contributed by atoms with van der Waals surface area (Å²) in [6, 6.07) is 5.57. The van der Waals surface area contributed by atoms with Crippen LogP contribution in [-0.4, -0.2) is 32.0 Å². The molecule has 1 rings (SSSR count). The van der Waals surface area contributed by atoms with E-state index in [2.05, 4.69) is 5.32 Å². The molecule has 1 aromatic carbocycles. The van der Waals surface area contributed by atoms with Crippen molar-refractivity contribution in [2.24, 2.45) is 5.73 Å². The third-order valence-corrected chi connectivity index (χ3v) is 3.46. The second-order valence-corrected chi connectivity index (χ2v) is 6.65. The maximum Gasteiger partial charge on any atom is 0.149 e. The molecule has 1 aromatic rings. The summed E-state index contributed by atoms with van der Waals surface area (Å²) in [5.74, 6) is 0.114. The number of nitrogens with one attached hydrogen (secondary N) is 1. The number of anilines is 1. The summed E-state index contributed by atoms with van der Waals surface area (Å²) in [4.78, 5) is 0.366. The molecule has 0 radical (unpaired) electrons. The van der Waals surface area contributed by atoms with Crippen LogP contribution in [0.5, 0.6) is 0 Å². The molecule has 0 aromatic heterocycles. The molecular formula is C11H16N2O2S2. The monoisotopic (exact) mass is 272 g/mol. The zero-order valence-electron chi connectivity index (χ0n) is 9.86. The Morgan fingerprint density at radius 1 is 1.47 bits per heavy atom. The molecule has 0 bridgehead atoms. The van der Waals surface area contributed by atoms with Gasteiger partial charge in [0.15, 0.2) is 0 Å². The molecule has 17 heavy (non-hydrogen) atoms. The normalized spacial score (nSPS) is 11.2. The van der Waals surface area contributed by atoms with Crippen molar-refractivity contribution in [1.29, 1.82) is 0 Å². The van der Waals surface area contributed by atoms with Gasteiger partial charge < -0.3 is 11.1 Å². The minimum Gasteiger partial charge on any atom is -0.389 e. The Kier molecular flexibility index (Phi) is 4.47. The van der Waals surface area contributed by atoms with Crippen LogP contribution in [0.1, 0.15) is 11.1 Å². The van der Waals surface area contributed by atoms with E-state index in [1.807, 2.05) is 25.1 Å². The van der Waals surface area contributed by atoms with Crippen LogP contribution >= 0.6 is 12.2 Å². The quantitative estimate of drug-likeness (QED) is 0.785. The van der Waals surface area contributed by atoms with E-state index < -0.39 is 9.84 Å². The molecule has 0 spiro atoms. The number of rotatable bonds is 5. The van der Waals surface area contributed by atoms with E-state index in [-0.39, 0.29) is 5.75 Å². The van der Waals surface area contributed by atoms with Gasteiger partial charge in [-0.1, -0.05) is 12.2 Å². The number of hydrogen-bond acceptors (Lipinski definition) is 4. The van der Waals surface area contributed by atoms with Crippen LogP contribution in [0.3, 0.4) is 0 Å². The number of thiocarbonyl (C=S) groups is 1. The van der Waals surface area contributed by atoms with Crippen LogP contribution in [-0.2, 0) is 9.84 Å². The van der Waals surface area contributed by atoms with Gasteiger partial charge in [0.05, 0.1) is 5.75 Å². The first-order chi connectivity index (χ1) is 7.79. The molecule has 6 heteroatoms. The average Bonchev–Trinajstić information content (AvgIpc) is 2.15. The van der Waals surface area contributed by atoms with Gasteiger partial charge in [-0.3, -0.25) is 0 Å². The second kappa shape index (κ2) is 5.46. The number of sulfone groups is 1. The standard InChI is InChI=1S/C11H16N2O2S2/c1-8-7-9(3-4-10(8)11(12)16)13-5-6-17(2,14)15/h3-4,7,13H,5-6H2,1-2H3,(H2,12,16). The van der Waals surface area contributed by atoms with Crippen molar-refractivity contribution in [3.05, 3.63) is 29.3 Å². The molecule has 0 atom stereocenters. The lowest BCUT2D eigenvalue weighted by molar-refractivity contribution is 0.602. The van der Waals surface area contributed by atoms with Crippen molar-refractivity contribution in [2.45, 2.75) is 6.92 Å². The molecule has 0 saturated carbocycles. The highest BCUT2D eigenvalue weighted by molar-refractivity contribution is 7.90. The summed E-state index contributed by atoms with van der Waals surface area (Å²) < 4.78 is 21.9. The first-order valence-electron chi connectivity index (χ1n) is 5.11. The van der Waals surface area contributed by atoms with E-state index in [1.165, 1.54) is 6.26 Å². The molecule has 0 aliphatic rings. The van der Waals surface area contributed by atoms with E-state index in [1.54, 1.807) is 0 Å². The van der Waals surface area contributed by atoms with Crippen molar-refractivity contribution >= 4 is 32.7 Å². The summed E-state index contributed by atoms with van der Waals surface area (Å²) in [7, 11) is -2.93. The highest BCUT2D eigenvalue weighted by Gasteiger charge is 2.04. The largest absolute Gasteiger partial charge is 0.389 e. The smallest absolute Gasteiger partial charge is 0.149 e. The fourth-order valence-corrected chi connectivity index (χ4v) is 2.13.